The van der Waals surface area contributed by atoms with E-state index in [0.29, 0.717) is 0 Å². The van der Waals surface area contributed by atoms with Gasteiger partial charge in [0.1, 0.15) is 24.9 Å². The van der Waals surface area contributed by atoms with Crippen LogP contribution in [0.5, 0.6) is 0 Å². The number of carbonyl (C=O) groups is 1. The number of hydrogen-bond acceptors (Lipinski definition) is 12. The molecular formula is C10H22N2O10. The van der Waals surface area contributed by atoms with Crippen LogP contribution in [0.25, 0.3) is 0 Å². The minimum absolute atomic E-state index is 0.0298. The summed E-state index contributed by atoms with van der Waals surface area (Å²) in [6, 6.07) is 0. The molecule has 0 fully saturated rings. The summed E-state index contributed by atoms with van der Waals surface area (Å²) in [7, 11) is 0. The van der Waals surface area contributed by atoms with Crippen LogP contribution in [0.3, 0.4) is 0 Å². The van der Waals surface area contributed by atoms with E-state index in [1.807, 2.05) is 0 Å². The van der Waals surface area contributed by atoms with Gasteiger partial charge in [-0.2, -0.15) is 0 Å². The van der Waals surface area contributed by atoms with E-state index in [0.717, 1.165) is 0 Å². The zero-order valence-corrected chi connectivity index (χ0v) is 12.5. The second-order valence-corrected chi connectivity index (χ2v) is 4.92. The second kappa shape index (κ2) is 10.6. The van der Waals surface area contributed by atoms with Crippen LogP contribution in [0, 0.1) is 0 Å². The SMILES string of the molecule is CC(C)(C)OC(=O)OCCOCC(CON(O)O)ON(O)O. The minimum atomic E-state index is -1.07. The van der Waals surface area contributed by atoms with Crippen LogP contribution in [0.4, 0.5) is 4.79 Å². The molecule has 0 heterocycles. The van der Waals surface area contributed by atoms with E-state index in [1.54, 1.807) is 20.8 Å². The first kappa shape index (κ1) is 20.9. The quantitative estimate of drug-likeness (QED) is 0.248. The van der Waals surface area contributed by atoms with Crippen molar-refractivity contribution in [2.24, 2.45) is 0 Å². The number of ether oxygens (including phenoxy) is 3. The predicted molar refractivity (Wildman–Crippen MR) is 64.7 cm³/mol. The molecule has 0 aliphatic carbocycles. The first-order chi connectivity index (χ1) is 10.1. The van der Waals surface area contributed by atoms with Crippen molar-refractivity contribution >= 4 is 6.16 Å². The molecule has 12 heteroatoms. The van der Waals surface area contributed by atoms with Crippen molar-refractivity contribution < 1.29 is 49.5 Å². The highest BCUT2D eigenvalue weighted by atomic mass is 17.1. The molecule has 0 aromatic heterocycles. The number of rotatable bonds is 10. The molecule has 0 amide bonds. The van der Waals surface area contributed by atoms with Gasteiger partial charge in [-0.1, -0.05) is 0 Å². The molecule has 0 aromatic carbocycles. The fourth-order valence-electron chi connectivity index (χ4n) is 1.07. The third-order valence-corrected chi connectivity index (χ3v) is 1.76. The van der Waals surface area contributed by atoms with Crippen molar-refractivity contribution in [2.75, 3.05) is 26.4 Å². The lowest BCUT2D eigenvalue weighted by atomic mass is 10.2. The highest BCUT2D eigenvalue weighted by Crippen LogP contribution is 2.07. The summed E-state index contributed by atoms with van der Waals surface area (Å²) in [4.78, 5) is 19.8. The van der Waals surface area contributed by atoms with Crippen molar-refractivity contribution in [1.29, 1.82) is 0 Å². The van der Waals surface area contributed by atoms with Gasteiger partial charge in [0.2, 0.25) is 0 Å². The van der Waals surface area contributed by atoms with Gasteiger partial charge in [0.25, 0.3) is 0 Å². The van der Waals surface area contributed by atoms with Crippen LogP contribution >= 0.6 is 0 Å². The maximum absolute atomic E-state index is 11.2. The zero-order chi connectivity index (χ0) is 17.2. The van der Waals surface area contributed by atoms with Crippen molar-refractivity contribution in [3.05, 3.63) is 0 Å². The molecule has 0 rings (SSSR count). The Labute approximate surface area is 126 Å². The van der Waals surface area contributed by atoms with Gasteiger partial charge in [-0.25, -0.2) is 14.5 Å². The number of carbonyl (C=O) groups excluding carboxylic acids is 1. The standard InChI is InChI=1S/C10H22N2O10/c1-10(2,3)21-9(13)19-5-4-18-6-8(22-12(16)17)7-20-11(14)15/h8,14-17H,4-7H2,1-3H3. The van der Waals surface area contributed by atoms with Gasteiger partial charge in [0.15, 0.2) is 0 Å². The minimum Gasteiger partial charge on any atom is -0.432 e. The van der Waals surface area contributed by atoms with Crippen molar-refractivity contribution in [3.8, 4) is 0 Å². The van der Waals surface area contributed by atoms with Gasteiger partial charge in [-0.15, -0.1) is 0 Å². The fraction of sp³-hybridized carbons (Fsp3) is 0.900. The summed E-state index contributed by atoms with van der Waals surface area (Å²) in [6.45, 7) is 4.25. The van der Waals surface area contributed by atoms with Crippen molar-refractivity contribution in [1.82, 2.24) is 10.8 Å². The third-order valence-electron chi connectivity index (χ3n) is 1.76. The van der Waals surface area contributed by atoms with Crippen LogP contribution in [0.1, 0.15) is 20.8 Å². The molecule has 0 saturated carbocycles. The zero-order valence-electron chi connectivity index (χ0n) is 12.5. The van der Waals surface area contributed by atoms with Gasteiger partial charge in [0.05, 0.1) is 24.0 Å². The van der Waals surface area contributed by atoms with Crippen molar-refractivity contribution in [2.45, 2.75) is 32.5 Å². The van der Waals surface area contributed by atoms with Gasteiger partial charge < -0.3 is 14.2 Å². The lowest BCUT2D eigenvalue weighted by Gasteiger charge is -2.20. The normalized spacial score (nSPS) is 13.5. The van der Waals surface area contributed by atoms with E-state index in [1.165, 1.54) is 0 Å². The molecule has 0 saturated heterocycles. The predicted octanol–water partition coefficient (Wildman–Crippen LogP) is 0.347. The number of hydrogen-bond donors (Lipinski definition) is 4. The van der Waals surface area contributed by atoms with Crippen LogP contribution in [0.15, 0.2) is 0 Å². The summed E-state index contributed by atoms with van der Waals surface area (Å²) in [6.07, 6.45) is -1.92. The first-order valence-electron chi connectivity index (χ1n) is 6.19. The Kier molecular flexibility index (Phi) is 10.1. The first-order valence-corrected chi connectivity index (χ1v) is 6.19. The van der Waals surface area contributed by atoms with E-state index < -0.39 is 35.2 Å². The lowest BCUT2D eigenvalue weighted by molar-refractivity contribution is -0.528. The third kappa shape index (κ3) is 13.9. The van der Waals surface area contributed by atoms with E-state index in [9.17, 15) is 4.79 Å². The Morgan fingerprint density at radius 3 is 2.18 bits per heavy atom. The highest BCUT2D eigenvalue weighted by Gasteiger charge is 2.18. The molecule has 12 nitrogen and oxygen atoms in total. The van der Waals surface area contributed by atoms with E-state index >= 15 is 0 Å². The smallest absolute Gasteiger partial charge is 0.432 e. The summed E-state index contributed by atoms with van der Waals surface area (Å²) in [5.41, 5.74) is -0.666. The van der Waals surface area contributed by atoms with E-state index in [-0.39, 0.29) is 19.8 Å². The van der Waals surface area contributed by atoms with Crippen LogP contribution in [-0.4, -0.2) is 75.9 Å². The lowest BCUT2D eigenvalue weighted by Crippen LogP contribution is -2.34. The van der Waals surface area contributed by atoms with Crippen LogP contribution in [0.2, 0.25) is 0 Å². The molecule has 1 atom stereocenters. The highest BCUT2D eigenvalue weighted by molar-refractivity contribution is 5.60. The second-order valence-electron chi connectivity index (χ2n) is 4.92. The van der Waals surface area contributed by atoms with Gasteiger partial charge in [0, 0.05) is 0 Å². The van der Waals surface area contributed by atoms with Crippen LogP contribution in [-0.2, 0) is 23.9 Å². The number of nitrogens with zero attached hydrogens (tertiary/aromatic N) is 2. The summed E-state index contributed by atoms with van der Waals surface area (Å²) < 4.78 is 14.7. The Morgan fingerprint density at radius 2 is 1.68 bits per heavy atom. The molecule has 4 N–H and O–H groups in total. The monoisotopic (exact) mass is 330 g/mol. The molecule has 0 spiro atoms. The Balaban J connectivity index is 3.85. The Morgan fingerprint density at radius 1 is 1.05 bits per heavy atom. The molecule has 132 valence electrons. The summed E-state index contributed by atoms with van der Waals surface area (Å²) in [5.74, 6) is 0. The van der Waals surface area contributed by atoms with E-state index in [4.69, 9.17) is 35.0 Å². The molecule has 0 aromatic rings. The summed E-state index contributed by atoms with van der Waals surface area (Å²) >= 11 is 0. The Hall–Kier alpha value is -1.09. The molecule has 0 aliphatic rings. The molecule has 22 heavy (non-hydrogen) atoms. The van der Waals surface area contributed by atoms with Gasteiger partial charge in [-0.05, 0) is 20.8 Å². The molecule has 0 radical (unpaired) electrons. The van der Waals surface area contributed by atoms with Gasteiger partial charge >= 0.3 is 6.16 Å². The molecule has 0 bridgehead atoms. The molecular weight excluding hydrogens is 308 g/mol. The molecule has 0 aliphatic heterocycles. The topological polar surface area (TPSA) is 151 Å². The maximum atomic E-state index is 11.2. The average Bonchev–Trinajstić information content (AvgIpc) is 2.32. The Bertz CT molecular complexity index is 307. The van der Waals surface area contributed by atoms with Crippen molar-refractivity contribution in [3.63, 3.8) is 0 Å². The molecule has 1 unspecified atom stereocenters. The summed E-state index contributed by atoms with van der Waals surface area (Å²) in [5, 5.41) is 32.6. The largest absolute Gasteiger partial charge is 0.508 e. The fourth-order valence-corrected chi connectivity index (χ4v) is 1.07. The van der Waals surface area contributed by atoms with Crippen LogP contribution < -0.4 is 0 Å². The average molecular weight is 330 g/mol. The maximum Gasteiger partial charge on any atom is 0.508 e. The van der Waals surface area contributed by atoms with E-state index in [2.05, 4.69) is 9.68 Å². The van der Waals surface area contributed by atoms with Gasteiger partial charge in [-0.3, -0.25) is 20.8 Å².